The van der Waals surface area contributed by atoms with Crippen LogP contribution in [0.25, 0.3) is 11.1 Å². The summed E-state index contributed by atoms with van der Waals surface area (Å²) in [5.41, 5.74) is -1.09. The van der Waals surface area contributed by atoms with Gasteiger partial charge in [-0.05, 0) is 38.6 Å². The first-order valence-electron chi connectivity index (χ1n) is 12.3. The number of nitrogens with two attached hydrogens (primary N) is 1. The fourth-order valence-electron chi connectivity index (χ4n) is 4.79. The predicted octanol–water partition coefficient (Wildman–Crippen LogP) is 4.36. The third kappa shape index (κ3) is 5.78. The van der Waals surface area contributed by atoms with Gasteiger partial charge >= 0.3 is 6.18 Å². The zero-order valence-electron chi connectivity index (χ0n) is 22.0. The molecule has 0 unspecified atom stereocenters. The molecule has 2 amide bonds. The number of hydrogen-bond acceptors (Lipinski definition) is 5. The van der Waals surface area contributed by atoms with E-state index in [9.17, 15) is 31.9 Å². The Kier molecular flexibility index (Phi) is 7.89. The third-order valence-corrected chi connectivity index (χ3v) is 7.13. The lowest BCUT2D eigenvalue weighted by Gasteiger charge is -2.44. The second kappa shape index (κ2) is 10.9. The molecule has 1 fully saturated rings. The molecule has 1 aliphatic rings. The van der Waals surface area contributed by atoms with E-state index >= 15 is 8.78 Å². The number of piperazine rings is 1. The Bertz CT molecular complexity index is 1580. The van der Waals surface area contributed by atoms with Crippen LogP contribution in [0.2, 0.25) is 0 Å². The highest BCUT2D eigenvalue weighted by molar-refractivity contribution is 6.07. The van der Waals surface area contributed by atoms with Gasteiger partial charge in [0.25, 0.3) is 11.8 Å². The van der Waals surface area contributed by atoms with Crippen molar-refractivity contribution in [1.29, 1.82) is 0 Å². The minimum Gasteiger partial charge on any atom is -0.367 e. The van der Waals surface area contributed by atoms with E-state index in [1.165, 1.54) is 0 Å². The van der Waals surface area contributed by atoms with Crippen LogP contribution in [0.15, 0.2) is 41.3 Å². The molecule has 218 valence electrons. The number of H-pyrrole nitrogens is 1. The van der Waals surface area contributed by atoms with Crippen LogP contribution in [0.4, 0.5) is 37.7 Å². The Labute approximate surface area is 229 Å². The highest BCUT2D eigenvalue weighted by Gasteiger charge is 2.37. The molecule has 0 radical (unpaired) electrons. The fraction of sp³-hybridized carbons (Fsp3) is 0.296. The minimum absolute atomic E-state index is 0.112. The quantitative estimate of drug-likeness (QED) is 0.388. The topological polar surface area (TPSA) is 112 Å². The highest BCUT2D eigenvalue weighted by Crippen LogP contribution is 2.40. The Morgan fingerprint density at radius 3 is 2.20 bits per heavy atom. The Hall–Kier alpha value is -4.33. The number of rotatable bonds is 5. The summed E-state index contributed by atoms with van der Waals surface area (Å²) in [5.74, 6) is -6.25. The maximum atomic E-state index is 16.2. The van der Waals surface area contributed by atoms with E-state index in [0.29, 0.717) is 12.3 Å². The van der Waals surface area contributed by atoms with Gasteiger partial charge in [0, 0.05) is 43.5 Å². The number of nitrogens with one attached hydrogen (secondary N) is 2. The average molecular weight is 582 g/mol. The zero-order chi connectivity index (χ0) is 30.4. The Morgan fingerprint density at radius 2 is 1.63 bits per heavy atom. The number of carbonyl (C=O) groups excluding carboxylic acids is 2. The number of carbonyl (C=O) groups is 2. The highest BCUT2D eigenvalue weighted by atomic mass is 19.4. The minimum atomic E-state index is -5.10. The van der Waals surface area contributed by atoms with Crippen LogP contribution >= 0.6 is 0 Å². The smallest absolute Gasteiger partial charge is 0.367 e. The van der Waals surface area contributed by atoms with Crippen LogP contribution in [0.5, 0.6) is 0 Å². The van der Waals surface area contributed by atoms with Gasteiger partial charge in [0.15, 0.2) is 5.82 Å². The molecule has 0 saturated carbocycles. The van der Waals surface area contributed by atoms with Crippen molar-refractivity contribution < 1.29 is 35.9 Å². The van der Waals surface area contributed by atoms with Crippen molar-refractivity contribution in [2.75, 3.05) is 30.4 Å². The van der Waals surface area contributed by atoms with Gasteiger partial charge in [-0.3, -0.25) is 19.3 Å². The van der Waals surface area contributed by atoms with E-state index in [2.05, 4.69) is 5.32 Å². The van der Waals surface area contributed by atoms with Crippen molar-refractivity contribution in [1.82, 2.24) is 9.88 Å². The van der Waals surface area contributed by atoms with Crippen molar-refractivity contribution >= 4 is 23.2 Å². The van der Waals surface area contributed by atoms with Crippen molar-refractivity contribution in [3.63, 3.8) is 0 Å². The fourth-order valence-corrected chi connectivity index (χ4v) is 4.79. The van der Waals surface area contributed by atoms with Gasteiger partial charge in [0.1, 0.15) is 17.3 Å². The largest absolute Gasteiger partial charge is 0.417 e. The maximum Gasteiger partial charge on any atom is 0.417 e. The van der Waals surface area contributed by atoms with E-state index in [1.807, 2.05) is 30.8 Å². The number of amides is 2. The van der Waals surface area contributed by atoms with Gasteiger partial charge in [-0.2, -0.15) is 13.2 Å². The summed E-state index contributed by atoms with van der Waals surface area (Å²) in [7, 11) is 1.86. The SMILES string of the molecule is C[C@@H]1CN(c2cc(F)c(-c3ccc(C(N)=O)c(F)c3)c(F)c2NC(=O)c2c[nH]c(=O)cc2C(F)(F)F)C[C@H](C)N1C. The molecule has 0 spiro atoms. The molecule has 8 nitrogen and oxygen atoms in total. The molecule has 4 rings (SSSR count). The summed E-state index contributed by atoms with van der Waals surface area (Å²) in [6.45, 7) is 4.22. The molecule has 3 aromatic rings. The van der Waals surface area contributed by atoms with E-state index in [-0.39, 0.29) is 42.5 Å². The number of likely N-dealkylation sites (N-methyl/N-ethyl adjacent to an activating group) is 1. The number of benzene rings is 2. The van der Waals surface area contributed by atoms with Crippen LogP contribution in [-0.4, -0.2) is 53.9 Å². The first kappa shape index (κ1) is 29.6. The van der Waals surface area contributed by atoms with Gasteiger partial charge < -0.3 is 20.9 Å². The molecule has 1 saturated heterocycles. The Balaban J connectivity index is 1.90. The standard InChI is InChI=1S/C27H25F6N5O3/c1-12-10-38(11-13(2)37(12)3)20-8-19(29)22(14-4-5-15(25(34)40)18(28)6-14)23(30)24(20)36-26(41)16-9-35-21(39)7-17(16)27(31,32)33/h4-9,12-13H,10-11H2,1-3H3,(H2,34,40)(H,35,39)(H,36,41)/t12-,13+. The molecule has 41 heavy (non-hydrogen) atoms. The first-order chi connectivity index (χ1) is 19.1. The van der Waals surface area contributed by atoms with Gasteiger partial charge in [-0.1, -0.05) is 6.07 Å². The predicted molar refractivity (Wildman–Crippen MR) is 139 cm³/mol. The van der Waals surface area contributed by atoms with E-state index in [4.69, 9.17) is 5.73 Å². The Morgan fingerprint density at radius 1 is 1.00 bits per heavy atom. The van der Waals surface area contributed by atoms with Crippen LogP contribution in [0, 0.1) is 17.5 Å². The lowest BCUT2D eigenvalue weighted by molar-refractivity contribution is -0.138. The van der Waals surface area contributed by atoms with Gasteiger partial charge in [-0.25, -0.2) is 13.2 Å². The third-order valence-electron chi connectivity index (χ3n) is 7.13. The molecule has 2 heterocycles. The molecule has 14 heteroatoms. The summed E-state index contributed by atoms with van der Waals surface area (Å²) >= 11 is 0. The number of nitrogens with zero attached hydrogens (tertiary/aromatic N) is 2. The van der Waals surface area contributed by atoms with Crippen molar-refractivity contribution in [3.05, 3.63) is 81.0 Å². The summed E-state index contributed by atoms with van der Waals surface area (Å²) in [4.78, 5) is 41.7. The van der Waals surface area contributed by atoms with Gasteiger partial charge in [0.2, 0.25) is 5.56 Å². The number of anilines is 2. The average Bonchev–Trinajstić information content (AvgIpc) is 2.87. The number of aromatic nitrogens is 1. The molecule has 0 bridgehead atoms. The van der Waals surface area contributed by atoms with Crippen LogP contribution in [-0.2, 0) is 6.18 Å². The lowest BCUT2D eigenvalue weighted by Crippen LogP contribution is -2.55. The summed E-state index contributed by atoms with van der Waals surface area (Å²) < 4.78 is 87.1. The molecule has 2 atom stereocenters. The molecular formula is C27H25F6N5O3. The van der Waals surface area contributed by atoms with Crippen LogP contribution < -0.4 is 21.5 Å². The zero-order valence-corrected chi connectivity index (χ0v) is 22.0. The monoisotopic (exact) mass is 581 g/mol. The number of halogens is 6. The molecule has 1 aromatic heterocycles. The number of pyridine rings is 1. The van der Waals surface area contributed by atoms with Crippen molar-refractivity contribution in [3.8, 4) is 11.1 Å². The number of aromatic amines is 1. The molecule has 1 aliphatic heterocycles. The van der Waals surface area contributed by atoms with E-state index in [1.54, 1.807) is 4.90 Å². The second-order valence-corrected chi connectivity index (χ2v) is 9.85. The molecule has 0 aliphatic carbocycles. The van der Waals surface area contributed by atoms with Gasteiger partial charge in [-0.15, -0.1) is 0 Å². The summed E-state index contributed by atoms with van der Waals surface area (Å²) in [5, 5.41) is 2.12. The second-order valence-electron chi connectivity index (χ2n) is 9.85. The lowest BCUT2D eigenvalue weighted by atomic mass is 9.99. The van der Waals surface area contributed by atoms with Crippen LogP contribution in [0.3, 0.4) is 0 Å². The number of hydrogen-bond donors (Lipinski definition) is 3. The van der Waals surface area contributed by atoms with Crippen molar-refractivity contribution in [2.45, 2.75) is 32.1 Å². The number of primary amides is 1. The summed E-state index contributed by atoms with van der Waals surface area (Å²) in [6, 6.07) is 3.51. The van der Waals surface area contributed by atoms with E-state index < -0.39 is 68.9 Å². The van der Waals surface area contributed by atoms with Crippen LogP contribution in [0.1, 0.15) is 40.1 Å². The van der Waals surface area contributed by atoms with Gasteiger partial charge in [0.05, 0.1) is 27.9 Å². The van der Waals surface area contributed by atoms with E-state index in [0.717, 1.165) is 18.2 Å². The normalized spacial score (nSPS) is 17.9. The molecule has 4 N–H and O–H groups in total. The number of alkyl halides is 3. The summed E-state index contributed by atoms with van der Waals surface area (Å²) in [6.07, 6.45) is -4.56. The van der Waals surface area contributed by atoms with Crippen molar-refractivity contribution in [2.24, 2.45) is 5.73 Å². The molecular weight excluding hydrogens is 556 g/mol. The maximum absolute atomic E-state index is 16.2. The first-order valence-corrected chi connectivity index (χ1v) is 12.3. The molecule has 2 aromatic carbocycles.